The van der Waals surface area contributed by atoms with Gasteiger partial charge in [0.25, 0.3) is 5.91 Å². The fourth-order valence-corrected chi connectivity index (χ4v) is 4.18. The van der Waals surface area contributed by atoms with E-state index in [4.69, 9.17) is 0 Å². The van der Waals surface area contributed by atoms with Gasteiger partial charge in [-0.05, 0) is 45.9 Å². The molecule has 1 aromatic carbocycles. The maximum absolute atomic E-state index is 12.4. The quantitative estimate of drug-likeness (QED) is 0.677. The molecular weight excluding hydrogens is 400 g/mol. The van der Waals surface area contributed by atoms with Gasteiger partial charge in [0, 0.05) is 29.7 Å². The van der Waals surface area contributed by atoms with Gasteiger partial charge in [0.2, 0.25) is 0 Å². The van der Waals surface area contributed by atoms with Crippen molar-refractivity contribution in [1.82, 2.24) is 15.5 Å². The van der Waals surface area contributed by atoms with Gasteiger partial charge in [-0.3, -0.25) is 9.89 Å². The largest absolute Gasteiger partial charge is 0.353 e. The molecule has 3 aromatic rings. The van der Waals surface area contributed by atoms with Gasteiger partial charge < -0.3 is 10.2 Å². The Labute approximate surface area is 158 Å². The number of carbonyl (C=O) groups is 1. The lowest BCUT2D eigenvalue weighted by molar-refractivity contribution is 0.0939. The van der Waals surface area contributed by atoms with E-state index in [1.54, 1.807) is 11.3 Å². The van der Waals surface area contributed by atoms with Gasteiger partial charge >= 0.3 is 0 Å². The van der Waals surface area contributed by atoms with Crippen molar-refractivity contribution in [3.8, 4) is 10.6 Å². The smallest absolute Gasteiger partial charge is 0.252 e. The van der Waals surface area contributed by atoms with Crippen LogP contribution >= 0.6 is 27.3 Å². The van der Waals surface area contributed by atoms with Crippen LogP contribution in [-0.4, -0.2) is 35.2 Å². The second-order valence-electron chi connectivity index (χ2n) is 6.00. The third-order valence-electron chi connectivity index (χ3n) is 4.32. The average molecular weight is 417 g/mol. The Kier molecular flexibility index (Phi) is 4.59. The Morgan fingerprint density at radius 2 is 2.20 bits per heavy atom. The summed E-state index contributed by atoms with van der Waals surface area (Å²) in [5.74, 6) is 0.890. The first-order valence-electron chi connectivity index (χ1n) is 8.10. The van der Waals surface area contributed by atoms with Crippen LogP contribution in [0.15, 0.2) is 52.3 Å². The van der Waals surface area contributed by atoms with Gasteiger partial charge in [-0.2, -0.15) is 5.10 Å². The number of nitrogens with one attached hydrogen (secondary N) is 2. The number of thiophene rings is 1. The van der Waals surface area contributed by atoms with E-state index in [0.29, 0.717) is 5.56 Å². The first-order chi connectivity index (χ1) is 12.2. The number of halogens is 1. The van der Waals surface area contributed by atoms with E-state index in [-0.39, 0.29) is 11.9 Å². The molecule has 0 saturated carbocycles. The number of aromatic nitrogens is 2. The van der Waals surface area contributed by atoms with Crippen LogP contribution < -0.4 is 10.2 Å². The first-order valence-corrected chi connectivity index (χ1v) is 9.77. The van der Waals surface area contributed by atoms with Gasteiger partial charge in [0.05, 0.1) is 16.1 Å². The fraction of sp³-hybridized carbons (Fsp3) is 0.222. The van der Waals surface area contributed by atoms with E-state index in [0.717, 1.165) is 35.5 Å². The van der Waals surface area contributed by atoms with E-state index in [9.17, 15) is 4.79 Å². The summed E-state index contributed by atoms with van der Waals surface area (Å²) in [7, 11) is 0. The van der Waals surface area contributed by atoms with E-state index in [2.05, 4.69) is 53.9 Å². The predicted octanol–water partition coefficient (Wildman–Crippen LogP) is 3.91. The average Bonchev–Trinajstić information content (AvgIpc) is 3.35. The van der Waals surface area contributed by atoms with Gasteiger partial charge in [0.1, 0.15) is 0 Å². The van der Waals surface area contributed by atoms with Crippen LogP contribution in [0.1, 0.15) is 16.8 Å². The molecule has 0 radical (unpaired) electrons. The molecule has 25 heavy (non-hydrogen) atoms. The third-order valence-corrected chi connectivity index (χ3v) is 5.91. The van der Waals surface area contributed by atoms with E-state index in [1.807, 2.05) is 30.3 Å². The monoisotopic (exact) mass is 416 g/mol. The number of carbonyl (C=O) groups excluding carboxylic acids is 1. The Morgan fingerprint density at radius 3 is 3.00 bits per heavy atom. The molecule has 1 fully saturated rings. The van der Waals surface area contributed by atoms with Crippen LogP contribution in [0.5, 0.6) is 0 Å². The van der Waals surface area contributed by atoms with Crippen LogP contribution in [0.4, 0.5) is 5.82 Å². The van der Waals surface area contributed by atoms with Crippen LogP contribution in [0.25, 0.3) is 10.6 Å². The second kappa shape index (κ2) is 7.01. The lowest BCUT2D eigenvalue weighted by Crippen LogP contribution is -2.37. The summed E-state index contributed by atoms with van der Waals surface area (Å²) in [6, 6.07) is 13.8. The zero-order valence-electron chi connectivity index (χ0n) is 13.4. The minimum Gasteiger partial charge on any atom is -0.353 e. The van der Waals surface area contributed by atoms with Crippen LogP contribution in [-0.2, 0) is 0 Å². The summed E-state index contributed by atoms with van der Waals surface area (Å²) in [5, 5.41) is 12.7. The Balaban J connectivity index is 1.40. The van der Waals surface area contributed by atoms with E-state index in [1.165, 1.54) is 4.88 Å². The molecule has 2 N–H and O–H groups in total. The molecule has 1 aliphatic rings. The predicted molar refractivity (Wildman–Crippen MR) is 104 cm³/mol. The highest BCUT2D eigenvalue weighted by Gasteiger charge is 2.26. The van der Waals surface area contributed by atoms with Crippen molar-refractivity contribution in [2.45, 2.75) is 12.5 Å². The van der Waals surface area contributed by atoms with E-state index < -0.39 is 0 Å². The lowest BCUT2D eigenvalue weighted by atomic mass is 10.2. The number of anilines is 1. The Bertz CT molecular complexity index is 877. The highest BCUT2D eigenvalue weighted by molar-refractivity contribution is 9.10. The topological polar surface area (TPSA) is 61.0 Å². The number of hydrogen-bond acceptors (Lipinski definition) is 4. The normalized spacial score (nSPS) is 17.0. The van der Waals surface area contributed by atoms with Crippen molar-refractivity contribution in [3.63, 3.8) is 0 Å². The molecular formula is C18H17BrN4OS. The van der Waals surface area contributed by atoms with Crippen molar-refractivity contribution >= 4 is 39.0 Å². The first kappa shape index (κ1) is 16.4. The fourth-order valence-electron chi connectivity index (χ4n) is 3.03. The maximum Gasteiger partial charge on any atom is 0.252 e. The number of hydrogen-bond donors (Lipinski definition) is 2. The zero-order chi connectivity index (χ0) is 17.2. The van der Waals surface area contributed by atoms with Crippen molar-refractivity contribution < 1.29 is 4.79 Å². The standard InChI is InChI=1S/C18H17BrN4OS/c19-14-5-2-1-4-13(14)18(24)20-12-7-8-23(11-12)17-10-15(21-22-17)16-6-3-9-25-16/h1-6,9-10,12H,7-8,11H2,(H,20,24)(H,21,22). The lowest BCUT2D eigenvalue weighted by Gasteiger charge is -2.16. The molecule has 1 saturated heterocycles. The van der Waals surface area contributed by atoms with Gasteiger partial charge in [-0.15, -0.1) is 11.3 Å². The summed E-state index contributed by atoms with van der Waals surface area (Å²) < 4.78 is 0.815. The second-order valence-corrected chi connectivity index (χ2v) is 7.80. The van der Waals surface area contributed by atoms with E-state index >= 15 is 0 Å². The molecule has 0 aliphatic carbocycles. The molecule has 1 aliphatic heterocycles. The van der Waals surface area contributed by atoms with Gasteiger partial charge in [-0.25, -0.2) is 0 Å². The number of amides is 1. The summed E-state index contributed by atoms with van der Waals surface area (Å²) >= 11 is 5.12. The summed E-state index contributed by atoms with van der Waals surface area (Å²) in [6.45, 7) is 1.65. The van der Waals surface area contributed by atoms with Gasteiger partial charge in [-0.1, -0.05) is 18.2 Å². The van der Waals surface area contributed by atoms with Crippen LogP contribution in [0, 0.1) is 0 Å². The molecule has 128 valence electrons. The molecule has 2 aromatic heterocycles. The SMILES string of the molecule is O=C(NC1CCN(c2cc(-c3cccs3)[nH]n2)C1)c1ccccc1Br. The molecule has 3 heterocycles. The highest BCUT2D eigenvalue weighted by atomic mass is 79.9. The molecule has 1 atom stereocenters. The Hall–Kier alpha value is -2.12. The molecule has 5 nitrogen and oxygen atoms in total. The highest BCUT2D eigenvalue weighted by Crippen LogP contribution is 2.27. The number of benzene rings is 1. The van der Waals surface area contributed by atoms with Crippen molar-refractivity contribution in [1.29, 1.82) is 0 Å². The number of rotatable bonds is 4. The van der Waals surface area contributed by atoms with Crippen molar-refractivity contribution in [2.24, 2.45) is 0 Å². The molecule has 1 amide bonds. The summed E-state index contributed by atoms with van der Waals surface area (Å²) in [6.07, 6.45) is 0.914. The summed E-state index contributed by atoms with van der Waals surface area (Å²) in [5.41, 5.74) is 1.70. The van der Waals surface area contributed by atoms with Gasteiger partial charge in [0.15, 0.2) is 5.82 Å². The number of aromatic amines is 1. The molecule has 7 heteroatoms. The minimum absolute atomic E-state index is 0.0411. The Morgan fingerprint density at radius 1 is 1.32 bits per heavy atom. The number of H-pyrrole nitrogens is 1. The van der Waals surface area contributed by atoms with Crippen molar-refractivity contribution in [3.05, 3.63) is 57.9 Å². The number of nitrogens with zero attached hydrogens (tertiary/aromatic N) is 2. The summed E-state index contributed by atoms with van der Waals surface area (Å²) in [4.78, 5) is 15.8. The molecule has 1 unspecified atom stereocenters. The van der Waals surface area contributed by atoms with Crippen LogP contribution in [0.3, 0.4) is 0 Å². The molecule has 4 rings (SSSR count). The minimum atomic E-state index is -0.0411. The zero-order valence-corrected chi connectivity index (χ0v) is 15.8. The van der Waals surface area contributed by atoms with Crippen molar-refractivity contribution in [2.75, 3.05) is 18.0 Å². The maximum atomic E-state index is 12.4. The van der Waals surface area contributed by atoms with Crippen LogP contribution in [0.2, 0.25) is 0 Å². The molecule has 0 bridgehead atoms. The third kappa shape index (κ3) is 3.48. The molecule has 0 spiro atoms.